The molecule has 25 heavy (non-hydrogen) atoms. The summed E-state index contributed by atoms with van der Waals surface area (Å²) in [7, 11) is 1.73. The van der Waals surface area contributed by atoms with Crippen LogP contribution < -0.4 is 5.73 Å². The van der Waals surface area contributed by atoms with Crippen LogP contribution in [0.2, 0.25) is 0 Å². The van der Waals surface area contributed by atoms with Crippen molar-refractivity contribution in [2.45, 2.75) is 13.0 Å². The highest BCUT2D eigenvalue weighted by Crippen LogP contribution is 2.24. The lowest BCUT2D eigenvalue weighted by atomic mass is 10.2. The van der Waals surface area contributed by atoms with Crippen LogP contribution >= 0.6 is 0 Å². The van der Waals surface area contributed by atoms with Crippen LogP contribution in [-0.4, -0.2) is 27.8 Å². The maximum Gasteiger partial charge on any atom is 0.246 e. The van der Waals surface area contributed by atoms with Gasteiger partial charge in [-0.1, -0.05) is 0 Å². The molecule has 0 saturated heterocycles. The van der Waals surface area contributed by atoms with E-state index >= 15 is 0 Å². The number of hydrogen-bond donors (Lipinski definition) is 2. The van der Waals surface area contributed by atoms with E-state index in [2.05, 4.69) is 9.97 Å². The third-order valence-electron chi connectivity index (χ3n) is 4.21. The smallest absolute Gasteiger partial charge is 0.246 e. The second-order valence-corrected chi connectivity index (χ2v) is 5.93. The third-order valence-corrected chi connectivity index (χ3v) is 4.21. The topological polar surface area (TPSA) is 75.0 Å². The molecule has 1 unspecified atom stereocenters. The zero-order chi connectivity index (χ0) is 18.0. The fourth-order valence-electron chi connectivity index (χ4n) is 2.55. The molecule has 5 nitrogen and oxygen atoms in total. The van der Waals surface area contributed by atoms with Gasteiger partial charge in [-0.05, 0) is 55.0 Å². The fraction of sp³-hybridized carbons (Fsp3) is 0.158. The minimum absolute atomic E-state index is 0.144. The first-order valence-electron chi connectivity index (χ1n) is 7.88. The first-order valence-corrected chi connectivity index (χ1v) is 7.88. The first kappa shape index (κ1) is 16.7. The number of nitrogens with zero attached hydrogens (tertiary/aromatic N) is 2. The number of hydrogen-bond acceptors (Lipinski definition) is 3. The zero-order valence-electron chi connectivity index (χ0n) is 14.0. The Kier molecular flexibility index (Phi) is 4.52. The van der Waals surface area contributed by atoms with E-state index in [1.807, 2.05) is 13.0 Å². The monoisotopic (exact) mass is 338 g/mol. The van der Waals surface area contributed by atoms with Crippen LogP contribution in [0.3, 0.4) is 0 Å². The summed E-state index contributed by atoms with van der Waals surface area (Å²) < 4.78 is 13.3. The number of aromatic nitrogens is 2. The molecule has 128 valence electrons. The SMILES string of the molecule is CC(c1cc2cc(F)ccc2[nH]1)N(C)C(=O)C=Cc1ccc(N)nc1. The van der Waals surface area contributed by atoms with Gasteiger partial charge in [-0.2, -0.15) is 0 Å². The number of pyridine rings is 1. The van der Waals surface area contributed by atoms with Gasteiger partial charge in [0.1, 0.15) is 11.6 Å². The fourth-order valence-corrected chi connectivity index (χ4v) is 2.55. The number of aromatic amines is 1. The van der Waals surface area contributed by atoms with Gasteiger partial charge in [0.25, 0.3) is 0 Å². The van der Waals surface area contributed by atoms with E-state index < -0.39 is 0 Å². The van der Waals surface area contributed by atoms with Crippen LogP contribution in [0.1, 0.15) is 24.2 Å². The summed E-state index contributed by atoms with van der Waals surface area (Å²) in [5, 5.41) is 0.784. The Morgan fingerprint density at radius 2 is 2.12 bits per heavy atom. The Morgan fingerprint density at radius 1 is 1.32 bits per heavy atom. The quantitative estimate of drug-likeness (QED) is 0.715. The lowest BCUT2D eigenvalue weighted by Crippen LogP contribution is -2.28. The lowest BCUT2D eigenvalue weighted by molar-refractivity contribution is -0.126. The van der Waals surface area contributed by atoms with Gasteiger partial charge in [0.2, 0.25) is 5.91 Å². The third kappa shape index (κ3) is 3.68. The van der Waals surface area contributed by atoms with Crippen LogP contribution in [0, 0.1) is 5.82 Å². The molecule has 1 atom stereocenters. The maximum atomic E-state index is 13.3. The van der Waals surface area contributed by atoms with Crippen molar-refractivity contribution >= 4 is 28.7 Å². The highest BCUT2D eigenvalue weighted by molar-refractivity contribution is 5.92. The van der Waals surface area contributed by atoms with Gasteiger partial charge in [-0.25, -0.2) is 9.37 Å². The highest BCUT2D eigenvalue weighted by Gasteiger charge is 2.17. The van der Waals surface area contributed by atoms with Crippen molar-refractivity contribution in [1.29, 1.82) is 0 Å². The minimum Gasteiger partial charge on any atom is -0.384 e. The maximum absolute atomic E-state index is 13.3. The Bertz CT molecular complexity index is 930. The van der Waals surface area contributed by atoms with E-state index in [-0.39, 0.29) is 17.8 Å². The molecule has 0 spiro atoms. The van der Waals surface area contributed by atoms with E-state index in [9.17, 15) is 9.18 Å². The summed E-state index contributed by atoms with van der Waals surface area (Å²) in [5.74, 6) is 0.00815. The molecule has 0 aliphatic rings. The summed E-state index contributed by atoms with van der Waals surface area (Å²) in [5.41, 5.74) is 8.02. The number of anilines is 1. The summed E-state index contributed by atoms with van der Waals surface area (Å²) in [4.78, 5) is 21.2. The van der Waals surface area contributed by atoms with Gasteiger partial charge >= 0.3 is 0 Å². The van der Waals surface area contributed by atoms with Crippen molar-refractivity contribution < 1.29 is 9.18 Å². The van der Waals surface area contributed by atoms with E-state index in [0.29, 0.717) is 5.82 Å². The number of halogens is 1. The van der Waals surface area contributed by atoms with Crippen LogP contribution in [0.25, 0.3) is 17.0 Å². The number of H-pyrrole nitrogens is 1. The van der Waals surface area contributed by atoms with Crippen LogP contribution in [0.4, 0.5) is 10.2 Å². The average molecular weight is 338 g/mol. The molecule has 1 amide bonds. The lowest BCUT2D eigenvalue weighted by Gasteiger charge is -2.22. The van der Waals surface area contributed by atoms with Gasteiger partial charge < -0.3 is 15.6 Å². The number of amides is 1. The Balaban J connectivity index is 1.74. The van der Waals surface area contributed by atoms with E-state index in [1.165, 1.54) is 18.2 Å². The first-order chi connectivity index (χ1) is 11.9. The van der Waals surface area contributed by atoms with E-state index in [4.69, 9.17) is 5.73 Å². The van der Waals surface area contributed by atoms with Crippen molar-refractivity contribution in [3.8, 4) is 0 Å². The second kappa shape index (κ2) is 6.76. The van der Waals surface area contributed by atoms with Crippen molar-refractivity contribution in [2.24, 2.45) is 0 Å². The van der Waals surface area contributed by atoms with Gasteiger partial charge in [0.05, 0.1) is 6.04 Å². The number of nitrogen functional groups attached to an aromatic ring is 1. The predicted octanol–water partition coefficient (Wildman–Crippen LogP) is 3.52. The number of carbonyl (C=O) groups is 1. The van der Waals surface area contributed by atoms with Crippen molar-refractivity contribution in [1.82, 2.24) is 14.9 Å². The number of fused-ring (bicyclic) bond motifs is 1. The van der Waals surface area contributed by atoms with Gasteiger partial charge in [-0.3, -0.25) is 4.79 Å². The normalized spacial score (nSPS) is 12.6. The van der Waals surface area contributed by atoms with E-state index in [1.54, 1.807) is 42.4 Å². The number of benzene rings is 1. The number of likely N-dealkylation sites (N-methyl/N-ethyl adjacent to an activating group) is 1. The van der Waals surface area contributed by atoms with Crippen LogP contribution in [0.5, 0.6) is 0 Å². The molecule has 3 rings (SSSR count). The molecule has 0 aliphatic heterocycles. The zero-order valence-corrected chi connectivity index (χ0v) is 14.0. The van der Waals surface area contributed by atoms with E-state index in [0.717, 1.165) is 22.2 Å². The van der Waals surface area contributed by atoms with Crippen molar-refractivity contribution in [3.63, 3.8) is 0 Å². The second-order valence-electron chi connectivity index (χ2n) is 5.93. The molecular formula is C19H19FN4O. The summed E-state index contributed by atoms with van der Waals surface area (Å²) >= 11 is 0. The molecule has 0 bridgehead atoms. The number of nitrogens with one attached hydrogen (secondary N) is 1. The summed E-state index contributed by atoms with van der Waals surface area (Å²) in [6.45, 7) is 1.91. The Morgan fingerprint density at radius 3 is 2.84 bits per heavy atom. The molecule has 1 aromatic carbocycles. The van der Waals surface area contributed by atoms with Crippen molar-refractivity contribution in [2.75, 3.05) is 12.8 Å². The largest absolute Gasteiger partial charge is 0.384 e. The summed E-state index contributed by atoms with van der Waals surface area (Å²) in [6, 6.07) is 9.72. The predicted molar refractivity (Wildman–Crippen MR) is 97.1 cm³/mol. The van der Waals surface area contributed by atoms with Crippen molar-refractivity contribution in [3.05, 3.63) is 65.7 Å². The van der Waals surface area contributed by atoms with Gasteiger partial charge in [0.15, 0.2) is 0 Å². The molecule has 2 aromatic heterocycles. The standard InChI is InChI=1S/C19H19FN4O/c1-12(17-10-14-9-15(20)5-6-16(14)23-17)24(2)19(25)8-4-13-3-7-18(21)22-11-13/h3-12,23H,1-2H3,(H2,21,22). The molecule has 3 N–H and O–H groups in total. The Hall–Kier alpha value is -3.15. The Labute approximate surface area is 145 Å². The molecule has 3 aromatic rings. The molecule has 0 radical (unpaired) electrons. The minimum atomic E-state index is -0.282. The van der Waals surface area contributed by atoms with Crippen LogP contribution in [0.15, 0.2) is 48.7 Å². The van der Waals surface area contributed by atoms with Gasteiger partial charge in [0, 0.05) is 35.9 Å². The van der Waals surface area contributed by atoms with Crippen LogP contribution in [-0.2, 0) is 4.79 Å². The molecule has 0 saturated carbocycles. The molecule has 6 heteroatoms. The highest BCUT2D eigenvalue weighted by atomic mass is 19.1. The molecule has 2 heterocycles. The van der Waals surface area contributed by atoms with Gasteiger partial charge in [-0.15, -0.1) is 0 Å². The number of nitrogens with two attached hydrogens (primary N) is 1. The number of rotatable bonds is 4. The molecule has 0 fully saturated rings. The summed E-state index contributed by atoms with van der Waals surface area (Å²) in [6.07, 6.45) is 4.79. The molecule has 0 aliphatic carbocycles. The number of carbonyl (C=O) groups excluding carboxylic acids is 1. The molecular weight excluding hydrogens is 319 g/mol. The average Bonchev–Trinajstić information content (AvgIpc) is 3.02.